The van der Waals surface area contributed by atoms with E-state index < -0.39 is 5.60 Å². The summed E-state index contributed by atoms with van der Waals surface area (Å²) in [7, 11) is 0. The van der Waals surface area contributed by atoms with E-state index >= 15 is 0 Å². The Labute approximate surface area is 199 Å². The summed E-state index contributed by atoms with van der Waals surface area (Å²) in [6.45, 7) is 9.26. The molecular formula is C30H36N2O. The zero-order valence-corrected chi connectivity index (χ0v) is 20.3. The molecule has 1 N–H and O–H groups in total. The van der Waals surface area contributed by atoms with Crippen molar-refractivity contribution < 1.29 is 5.11 Å². The van der Waals surface area contributed by atoms with Gasteiger partial charge in [-0.3, -0.25) is 4.90 Å². The first-order valence-corrected chi connectivity index (χ1v) is 12.3. The van der Waals surface area contributed by atoms with E-state index in [0.29, 0.717) is 0 Å². The summed E-state index contributed by atoms with van der Waals surface area (Å²) in [4.78, 5) is 6.98. The van der Waals surface area contributed by atoms with Gasteiger partial charge in [-0.1, -0.05) is 43.2 Å². The van der Waals surface area contributed by atoms with Gasteiger partial charge < -0.3 is 5.11 Å². The van der Waals surface area contributed by atoms with Crippen LogP contribution < -0.4 is 0 Å². The van der Waals surface area contributed by atoms with E-state index in [1.165, 1.54) is 35.1 Å². The Hall–Kier alpha value is -2.67. The highest BCUT2D eigenvalue weighted by Gasteiger charge is 2.26. The first-order chi connectivity index (χ1) is 15.9. The quantitative estimate of drug-likeness (QED) is 0.598. The van der Waals surface area contributed by atoms with Crippen molar-refractivity contribution in [2.45, 2.75) is 58.5 Å². The normalized spacial score (nSPS) is 21.2. The minimum absolute atomic E-state index is 0.491. The predicted octanol–water partition coefficient (Wildman–Crippen LogP) is 5.93. The van der Waals surface area contributed by atoms with E-state index in [2.05, 4.69) is 78.1 Å². The van der Waals surface area contributed by atoms with Crippen LogP contribution in [0.5, 0.6) is 0 Å². The average molecular weight is 441 g/mol. The Morgan fingerprint density at radius 1 is 1.15 bits per heavy atom. The minimum atomic E-state index is -0.491. The number of benzene rings is 1. The van der Waals surface area contributed by atoms with Crippen molar-refractivity contribution in [2.24, 2.45) is 5.92 Å². The molecule has 3 nitrogen and oxygen atoms in total. The smallest absolute Gasteiger partial charge is 0.113 e. The Morgan fingerprint density at radius 2 is 1.91 bits per heavy atom. The molecule has 1 fully saturated rings. The molecule has 1 unspecified atom stereocenters. The van der Waals surface area contributed by atoms with E-state index in [0.717, 1.165) is 56.1 Å². The summed E-state index contributed by atoms with van der Waals surface area (Å²) in [5, 5.41) is 10.1. The van der Waals surface area contributed by atoms with Crippen LogP contribution in [0.15, 0.2) is 54.7 Å². The highest BCUT2D eigenvalue weighted by molar-refractivity contribution is 5.66. The molecule has 4 rings (SSSR count). The van der Waals surface area contributed by atoms with Gasteiger partial charge in [-0.2, -0.15) is 0 Å². The first kappa shape index (κ1) is 23.5. The number of aromatic nitrogens is 1. The third-order valence-corrected chi connectivity index (χ3v) is 7.07. The lowest BCUT2D eigenvalue weighted by Gasteiger charge is -2.35. The maximum absolute atomic E-state index is 10.1. The van der Waals surface area contributed by atoms with Gasteiger partial charge in [0.25, 0.3) is 0 Å². The molecule has 33 heavy (non-hydrogen) atoms. The lowest BCUT2D eigenvalue weighted by atomic mass is 9.88. The van der Waals surface area contributed by atoms with Crippen LogP contribution in [0.25, 0.3) is 11.1 Å². The van der Waals surface area contributed by atoms with Gasteiger partial charge in [-0.15, -0.1) is 0 Å². The number of nitrogens with zero attached hydrogens (tertiary/aromatic N) is 2. The van der Waals surface area contributed by atoms with Crippen LogP contribution in [-0.2, 0) is 0 Å². The molecule has 172 valence electrons. The summed E-state index contributed by atoms with van der Waals surface area (Å²) < 4.78 is 0. The van der Waals surface area contributed by atoms with Crippen molar-refractivity contribution in [1.82, 2.24) is 9.88 Å². The standard InChI is InChI=1S/C30H36N2O/c1-23-4-9-27(10-5-23)28-13-15-29(31-22-28)14-8-25-6-11-26(12-7-25)24(2)16-19-32-20-17-30(3,33)18-21-32/h6-7,9,11-13,15-16,22-23,33H,4-5,10,17-21H2,1-3H3/b24-16+. The second-order valence-corrected chi connectivity index (χ2v) is 10.1. The molecule has 3 heteroatoms. The van der Waals surface area contributed by atoms with Gasteiger partial charge in [0.2, 0.25) is 0 Å². The summed E-state index contributed by atoms with van der Waals surface area (Å²) in [5.74, 6) is 7.24. The second kappa shape index (κ2) is 10.5. The summed E-state index contributed by atoms with van der Waals surface area (Å²) in [6.07, 6.45) is 11.9. The zero-order valence-electron chi connectivity index (χ0n) is 20.3. The lowest BCUT2D eigenvalue weighted by Crippen LogP contribution is -2.42. The van der Waals surface area contributed by atoms with Gasteiger partial charge in [-0.25, -0.2) is 4.98 Å². The molecule has 0 saturated carbocycles. The number of piperidine rings is 1. The van der Waals surface area contributed by atoms with Crippen LogP contribution in [0.4, 0.5) is 0 Å². The number of allylic oxidation sites excluding steroid dienone is 3. The number of hydrogen-bond acceptors (Lipinski definition) is 3. The van der Waals surface area contributed by atoms with Crippen LogP contribution in [0.2, 0.25) is 0 Å². The van der Waals surface area contributed by atoms with E-state index in [4.69, 9.17) is 0 Å². The van der Waals surface area contributed by atoms with E-state index in [1.807, 2.05) is 19.2 Å². The van der Waals surface area contributed by atoms with Crippen LogP contribution in [0.1, 0.15) is 75.3 Å². The summed E-state index contributed by atoms with van der Waals surface area (Å²) >= 11 is 0. The molecule has 1 aliphatic heterocycles. The number of rotatable bonds is 4. The van der Waals surface area contributed by atoms with Gasteiger partial charge in [0.1, 0.15) is 5.69 Å². The molecule has 2 heterocycles. The molecule has 1 atom stereocenters. The largest absolute Gasteiger partial charge is 0.390 e. The van der Waals surface area contributed by atoms with Gasteiger partial charge in [0.15, 0.2) is 0 Å². The fourth-order valence-electron chi connectivity index (χ4n) is 4.44. The number of pyridine rings is 1. The van der Waals surface area contributed by atoms with Crippen LogP contribution in [0, 0.1) is 17.8 Å². The van der Waals surface area contributed by atoms with Crippen molar-refractivity contribution in [3.63, 3.8) is 0 Å². The molecule has 0 spiro atoms. The van der Waals surface area contributed by atoms with Gasteiger partial charge >= 0.3 is 0 Å². The highest BCUT2D eigenvalue weighted by atomic mass is 16.3. The SMILES string of the molecule is C/C(=C\CN1CCC(C)(O)CC1)c1ccc(C#Cc2ccc(C3=CCC(C)CC3)cn2)cc1. The molecular weight excluding hydrogens is 404 g/mol. The monoisotopic (exact) mass is 440 g/mol. The Morgan fingerprint density at radius 3 is 2.55 bits per heavy atom. The summed E-state index contributed by atoms with van der Waals surface area (Å²) in [5.41, 5.74) is 6.47. The van der Waals surface area contributed by atoms with Crippen molar-refractivity contribution in [3.8, 4) is 11.8 Å². The lowest BCUT2D eigenvalue weighted by molar-refractivity contribution is -0.00242. The molecule has 1 saturated heterocycles. The van der Waals surface area contributed by atoms with Crippen molar-refractivity contribution in [1.29, 1.82) is 0 Å². The van der Waals surface area contributed by atoms with Crippen molar-refractivity contribution in [2.75, 3.05) is 19.6 Å². The number of likely N-dealkylation sites (tertiary alicyclic amines) is 1. The van der Waals surface area contributed by atoms with Crippen LogP contribution >= 0.6 is 0 Å². The van der Waals surface area contributed by atoms with E-state index in [-0.39, 0.29) is 0 Å². The number of aliphatic hydroxyl groups is 1. The minimum Gasteiger partial charge on any atom is -0.390 e. The van der Waals surface area contributed by atoms with Crippen molar-refractivity contribution >= 4 is 11.1 Å². The average Bonchev–Trinajstić information content (AvgIpc) is 2.83. The Kier molecular flexibility index (Phi) is 7.48. The molecule has 0 amide bonds. The molecule has 0 bridgehead atoms. The Balaban J connectivity index is 1.33. The highest BCUT2D eigenvalue weighted by Crippen LogP contribution is 2.29. The van der Waals surface area contributed by atoms with Gasteiger partial charge in [-0.05, 0) is 98.3 Å². The van der Waals surface area contributed by atoms with E-state index in [1.54, 1.807) is 0 Å². The molecule has 2 aromatic rings. The van der Waals surface area contributed by atoms with Crippen LogP contribution in [-0.4, -0.2) is 40.2 Å². The fraction of sp³-hybridized carbons (Fsp3) is 0.433. The van der Waals surface area contributed by atoms with E-state index in [9.17, 15) is 5.11 Å². The maximum atomic E-state index is 10.1. The topological polar surface area (TPSA) is 36.4 Å². The Bertz CT molecular complexity index is 1060. The zero-order chi connectivity index (χ0) is 23.3. The molecule has 0 radical (unpaired) electrons. The molecule has 1 aromatic carbocycles. The molecule has 1 aliphatic carbocycles. The number of hydrogen-bond donors (Lipinski definition) is 1. The fourth-order valence-corrected chi connectivity index (χ4v) is 4.44. The summed E-state index contributed by atoms with van der Waals surface area (Å²) in [6, 6.07) is 12.6. The second-order valence-electron chi connectivity index (χ2n) is 10.1. The molecule has 1 aromatic heterocycles. The predicted molar refractivity (Wildman–Crippen MR) is 138 cm³/mol. The maximum Gasteiger partial charge on any atom is 0.113 e. The third kappa shape index (κ3) is 6.67. The van der Waals surface area contributed by atoms with Gasteiger partial charge in [0, 0.05) is 31.4 Å². The third-order valence-electron chi connectivity index (χ3n) is 7.07. The molecule has 2 aliphatic rings. The van der Waals surface area contributed by atoms with Crippen LogP contribution in [0.3, 0.4) is 0 Å². The first-order valence-electron chi connectivity index (χ1n) is 12.3. The van der Waals surface area contributed by atoms with Gasteiger partial charge in [0.05, 0.1) is 5.60 Å². The van der Waals surface area contributed by atoms with Crippen molar-refractivity contribution in [3.05, 3.63) is 77.1 Å².